The first-order valence-corrected chi connectivity index (χ1v) is 8.07. The number of aromatic nitrogens is 2. The molecule has 3 rings (SSSR count). The number of anilines is 2. The van der Waals surface area contributed by atoms with Crippen LogP contribution in [0.1, 0.15) is 44.6 Å². The van der Waals surface area contributed by atoms with E-state index in [0.717, 1.165) is 25.3 Å². The maximum absolute atomic E-state index is 5.81. The lowest BCUT2D eigenvalue weighted by Gasteiger charge is -2.44. The standard InChI is InChI=1S/C16H26N4O/c1-3-12-10-18-15(17)19-14(12)20-9-5-8-16(11-20)7-4-6-13(16)21-2/h10,13H,3-9,11H2,1-2H3,(H2,17,18,19)/t13-,16+/m1/s1. The fourth-order valence-corrected chi connectivity index (χ4v) is 4.22. The van der Waals surface area contributed by atoms with Crippen molar-refractivity contribution in [3.05, 3.63) is 11.8 Å². The van der Waals surface area contributed by atoms with Crippen molar-refractivity contribution >= 4 is 11.8 Å². The van der Waals surface area contributed by atoms with E-state index in [0.29, 0.717) is 17.5 Å². The summed E-state index contributed by atoms with van der Waals surface area (Å²) in [6.07, 6.45) is 9.41. The molecule has 1 saturated carbocycles. The number of nitrogens with two attached hydrogens (primary N) is 1. The first kappa shape index (κ1) is 14.6. The van der Waals surface area contributed by atoms with Gasteiger partial charge in [0.1, 0.15) is 5.82 Å². The molecule has 21 heavy (non-hydrogen) atoms. The second kappa shape index (κ2) is 5.79. The molecule has 2 atom stereocenters. The van der Waals surface area contributed by atoms with E-state index in [4.69, 9.17) is 10.5 Å². The summed E-state index contributed by atoms with van der Waals surface area (Å²) < 4.78 is 5.78. The first-order valence-electron chi connectivity index (χ1n) is 8.07. The molecule has 2 N–H and O–H groups in total. The van der Waals surface area contributed by atoms with E-state index in [1.807, 2.05) is 13.3 Å². The topological polar surface area (TPSA) is 64.3 Å². The number of ether oxygens (including phenoxy) is 1. The van der Waals surface area contributed by atoms with Crippen molar-refractivity contribution in [2.75, 3.05) is 30.8 Å². The minimum Gasteiger partial charge on any atom is -0.381 e. The average Bonchev–Trinajstić information content (AvgIpc) is 2.89. The van der Waals surface area contributed by atoms with Crippen LogP contribution in [0.15, 0.2) is 6.20 Å². The number of hydrogen-bond donors (Lipinski definition) is 1. The Kier molecular flexibility index (Phi) is 4.02. The second-order valence-electron chi connectivity index (χ2n) is 6.43. The lowest BCUT2D eigenvalue weighted by Crippen LogP contribution is -2.48. The summed E-state index contributed by atoms with van der Waals surface area (Å²) in [5.74, 6) is 1.40. The van der Waals surface area contributed by atoms with Gasteiger partial charge in [0.2, 0.25) is 5.95 Å². The molecule has 2 fully saturated rings. The van der Waals surface area contributed by atoms with Gasteiger partial charge in [-0.2, -0.15) is 4.98 Å². The molecule has 0 bridgehead atoms. The Morgan fingerprint density at radius 3 is 3.00 bits per heavy atom. The maximum atomic E-state index is 5.81. The maximum Gasteiger partial charge on any atom is 0.221 e. The normalized spacial score (nSPS) is 29.2. The van der Waals surface area contributed by atoms with Gasteiger partial charge < -0.3 is 15.4 Å². The lowest BCUT2D eigenvalue weighted by atomic mass is 9.76. The minimum atomic E-state index is 0.303. The SMILES string of the molecule is CCc1cnc(N)nc1N1CCC[C@@]2(CCC[C@H]2OC)C1. The van der Waals surface area contributed by atoms with Crippen LogP contribution in [0.3, 0.4) is 0 Å². The molecule has 0 unspecified atom stereocenters. The average molecular weight is 290 g/mol. The largest absolute Gasteiger partial charge is 0.381 e. The lowest BCUT2D eigenvalue weighted by molar-refractivity contribution is 0.00214. The Balaban J connectivity index is 1.88. The monoisotopic (exact) mass is 290 g/mol. The molecule has 0 radical (unpaired) electrons. The second-order valence-corrected chi connectivity index (χ2v) is 6.43. The van der Waals surface area contributed by atoms with E-state index >= 15 is 0 Å². The van der Waals surface area contributed by atoms with E-state index in [9.17, 15) is 0 Å². The van der Waals surface area contributed by atoms with Gasteiger partial charge in [-0.25, -0.2) is 4.98 Å². The summed E-state index contributed by atoms with van der Waals surface area (Å²) in [6, 6.07) is 0. The van der Waals surface area contributed by atoms with Gasteiger partial charge in [0.15, 0.2) is 0 Å². The molecule has 1 aromatic rings. The smallest absolute Gasteiger partial charge is 0.221 e. The Morgan fingerprint density at radius 1 is 1.43 bits per heavy atom. The van der Waals surface area contributed by atoms with Crippen LogP contribution >= 0.6 is 0 Å². The molecule has 1 saturated heterocycles. The Labute approximate surface area is 126 Å². The molecule has 5 nitrogen and oxygen atoms in total. The van der Waals surface area contributed by atoms with Crippen LogP contribution in [0.5, 0.6) is 0 Å². The van der Waals surface area contributed by atoms with Gasteiger partial charge in [-0.05, 0) is 32.1 Å². The van der Waals surface area contributed by atoms with E-state index in [2.05, 4.69) is 21.8 Å². The number of aryl methyl sites for hydroxylation is 1. The number of nitrogens with zero attached hydrogens (tertiary/aromatic N) is 3. The van der Waals surface area contributed by atoms with Crippen molar-refractivity contribution in [2.24, 2.45) is 5.41 Å². The highest BCUT2D eigenvalue weighted by atomic mass is 16.5. The Bertz CT molecular complexity index is 507. The van der Waals surface area contributed by atoms with Crippen LogP contribution in [0, 0.1) is 5.41 Å². The number of rotatable bonds is 3. The molecular weight excluding hydrogens is 264 g/mol. The summed E-state index contributed by atoms with van der Waals surface area (Å²) in [7, 11) is 1.86. The van der Waals surface area contributed by atoms with E-state index < -0.39 is 0 Å². The predicted molar refractivity (Wildman–Crippen MR) is 84.4 cm³/mol. The zero-order valence-corrected chi connectivity index (χ0v) is 13.1. The fourth-order valence-electron chi connectivity index (χ4n) is 4.22. The van der Waals surface area contributed by atoms with Crippen LogP contribution in [-0.2, 0) is 11.2 Å². The molecule has 2 aliphatic rings. The van der Waals surface area contributed by atoms with Gasteiger partial charge in [-0.15, -0.1) is 0 Å². The third kappa shape index (κ3) is 2.59. The van der Waals surface area contributed by atoms with Crippen molar-refractivity contribution in [2.45, 2.75) is 51.6 Å². The van der Waals surface area contributed by atoms with Gasteiger partial charge >= 0.3 is 0 Å². The molecule has 0 amide bonds. The van der Waals surface area contributed by atoms with Crippen molar-refractivity contribution in [1.29, 1.82) is 0 Å². The number of nitrogen functional groups attached to an aromatic ring is 1. The summed E-state index contributed by atoms with van der Waals surface area (Å²) in [4.78, 5) is 11.1. The summed E-state index contributed by atoms with van der Waals surface area (Å²) in [5.41, 5.74) is 7.31. The number of piperidine rings is 1. The molecule has 1 aliphatic carbocycles. The van der Waals surface area contributed by atoms with Gasteiger partial charge in [-0.1, -0.05) is 13.3 Å². The zero-order chi connectivity index (χ0) is 14.9. The van der Waals surface area contributed by atoms with Crippen molar-refractivity contribution < 1.29 is 4.74 Å². The van der Waals surface area contributed by atoms with Gasteiger partial charge in [0.05, 0.1) is 6.10 Å². The first-order chi connectivity index (χ1) is 10.2. The minimum absolute atomic E-state index is 0.303. The molecular formula is C16H26N4O. The van der Waals surface area contributed by atoms with Crippen LogP contribution in [0.25, 0.3) is 0 Å². The van der Waals surface area contributed by atoms with E-state index in [1.54, 1.807) is 0 Å². The highest BCUT2D eigenvalue weighted by Gasteiger charge is 2.46. The van der Waals surface area contributed by atoms with Crippen molar-refractivity contribution in [3.63, 3.8) is 0 Å². The molecule has 0 aromatic carbocycles. The summed E-state index contributed by atoms with van der Waals surface area (Å²) in [6.45, 7) is 4.24. The van der Waals surface area contributed by atoms with Crippen LogP contribution in [0.4, 0.5) is 11.8 Å². The molecule has 1 aromatic heterocycles. The molecule has 1 aliphatic heterocycles. The predicted octanol–water partition coefficient (Wildman–Crippen LogP) is 2.41. The van der Waals surface area contributed by atoms with Crippen LogP contribution < -0.4 is 10.6 Å². The van der Waals surface area contributed by atoms with Crippen molar-refractivity contribution in [3.8, 4) is 0 Å². The molecule has 5 heteroatoms. The third-order valence-electron chi connectivity index (χ3n) is 5.26. The summed E-state index contributed by atoms with van der Waals surface area (Å²) in [5, 5.41) is 0. The van der Waals surface area contributed by atoms with Crippen LogP contribution in [0.2, 0.25) is 0 Å². The molecule has 2 heterocycles. The highest BCUT2D eigenvalue weighted by Crippen LogP contribution is 2.47. The number of hydrogen-bond acceptors (Lipinski definition) is 5. The molecule has 116 valence electrons. The van der Waals surface area contributed by atoms with Crippen molar-refractivity contribution in [1.82, 2.24) is 9.97 Å². The van der Waals surface area contributed by atoms with E-state index in [1.165, 1.54) is 37.7 Å². The Morgan fingerprint density at radius 2 is 2.24 bits per heavy atom. The zero-order valence-electron chi connectivity index (χ0n) is 13.1. The quantitative estimate of drug-likeness (QED) is 0.926. The van der Waals surface area contributed by atoms with Gasteiger partial charge in [-0.3, -0.25) is 0 Å². The highest BCUT2D eigenvalue weighted by molar-refractivity contribution is 5.49. The summed E-state index contributed by atoms with van der Waals surface area (Å²) >= 11 is 0. The molecule has 1 spiro atoms. The van der Waals surface area contributed by atoms with Crippen LogP contribution in [-0.4, -0.2) is 36.3 Å². The van der Waals surface area contributed by atoms with Gasteiger partial charge in [0, 0.05) is 37.4 Å². The van der Waals surface area contributed by atoms with E-state index in [-0.39, 0.29) is 0 Å². The number of methoxy groups -OCH3 is 1. The van der Waals surface area contributed by atoms with Gasteiger partial charge in [0.25, 0.3) is 0 Å². The third-order valence-corrected chi connectivity index (χ3v) is 5.26. The Hall–Kier alpha value is -1.36. The fraction of sp³-hybridized carbons (Fsp3) is 0.750.